The third-order valence-electron chi connectivity index (χ3n) is 4.88. The van der Waals surface area contributed by atoms with E-state index in [1.807, 2.05) is 9.34 Å². The zero-order valence-electron chi connectivity index (χ0n) is 15.1. The Morgan fingerprint density at radius 2 is 1.96 bits per heavy atom. The summed E-state index contributed by atoms with van der Waals surface area (Å²) in [6.07, 6.45) is 1.48. The molecule has 2 fully saturated rings. The first-order chi connectivity index (χ1) is 13.5. The van der Waals surface area contributed by atoms with E-state index in [9.17, 15) is 8.96 Å². The van der Waals surface area contributed by atoms with Gasteiger partial charge < -0.3 is 15.2 Å². The van der Waals surface area contributed by atoms with Gasteiger partial charge in [0.2, 0.25) is 5.95 Å². The van der Waals surface area contributed by atoms with Crippen molar-refractivity contribution in [1.82, 2.24) is 14.3 Å². The molecule has 1 atom stereocenters. The van der Waals surface area contributed by atoms with E-state index >= 15 is 0 Å². The number of rotatable bonds is 6. The fourth-order valence-corrected chi connectivity index (χ4v) is 5.58. The van der Waals surface area contributed by atoms with Crippen LogP contribution in [0, 0.1) is 5.95 Å². The number of hydrogen-bond acceptors (Lipinski definition) is 6. The molecule has 148 valence electrons. The topological polar surface area (TPSA) is 89.7 Å². The summed E-state index contributed by atoms with van der Waals surface area (Å²) in [4.78, 5) is 3.58. The molecule has 5 rings (SSSR count). The normalized spacial score (nSPS) is 21.7. The predicted octanol–water partition coefficient (Wildman–Crippen LogP) is 3.17. The fourth-order valence-electron chi connectivity index (χ4n) is 3.22. The molecule has 0 spiro atoms. The lowest BCUT2D eigenvalue weighted by Crippen LogP contribution is -2.19. The number of aromatic nitrogens is 1. The Labute approximate surface area is 161 Å². The quantitative estimate of drug-likeness (QED) is 0.339. The van der Waals surface area contributed by atoms with Gasteiger partial charge in [-0.3, -0.25) is 9.09 Å². The number of benzene rings is 1. The van der Waals surface area contributed by atoms with E-state index < -0.39 is 13.6 Å². The van der Waals surface area contributed by atoms with Gasteiger partial charge in [0.15, 0.2) is 5.75 Å². The van der Waals surface area contributed by atoms with Crippen molar-refractivity contribution in [1.29, 1.82) is 0 Å². The van der Waals surface area contributed by atoms with Crippen LogP contribution in [0.15, 0.2) is 30.5 Å². The highest BCUT2D eigenvalue weighted by Gasteiger charge is 2.51. The Morgan fingerprint density at radius 3 is 2.61 bits per heavy atom. The molecule has 2 saturated heterocycles. The highest BCUT2D eigenvalue weighted by molar-refractivity contribution is 7.54. The molecule has 4 heterocycles. The van der Waals surface area contributed by atoms with Gasteiger partial charge in [-0.2, -0.15) is 4.39 Å². The van der Waals surface area contributed by atoms with Crippen LogP contribution in [0.4, 0.5) is 10.1 Å². The van der Waals surface area contributed by atoms with E-state index in [1.165, 1.54) is 18.3 Å². The molecule has 10 heteroatoms. The predicted molar refractivity (Wildman–Crippen MR) is 99.8 cm³/mol. The molecular formula is C18H20FN4O4P. The molecule has 0 aliphatic carbocycles. The van der Waals surface area contributed by atoms with Gasteiger partial charge in [-0.05, 0) is 18.2 Å². The van der Waals surface area contributed by atoms with Crippen LogP contribution in [0.1, 0.15) is 18.1 Å². The van der Waals surface area contributed by atoms with E-state index in [4.69, 9.17) is 19.7 Å². The number of nitrogen functional groups attached to an aromatic ring is 1. The van der Waals surface area contributed by atoms with Crippen molar-refractivity contribution in [2.45, 2.75) is 12.5 Å². The number of anilines is 1. The Balaban J connectivity index is 1.44. The van der Waals surface area contributed by atoms with E-state index in [-0.39, 0.29) is 6.10 Å². The Morgan fingerprint density at radius 1 is 1.21 bits per heavy atom. The lowest BCUT2D eigenvalue weighted by Gasteiger charge is -2.31. The van der Waals surface area contributed by atoms with Gasteiger partial charge in [-0.15, -0.1) is 0 Å². The molecule has 2 N–H and O–H groups in total. The van der Waals surface area contributed by atoms with Crippen molar-refractivity contribution in [3.05, 3.63) is 42.0 Å². The lowest BCUT2D eigenvalue weighted by molar-refractivity contribution is 0.124. The second kappa shape index (κ2) is 6.70. The van der Waals surface area contributed by atoms with Crippen molar-refractivity contribution >= 4 is 13.4 Å². The average Bonchev–Trinajstić information content (AvgIpc) is 3.57. The first-order valence-electron chi connectivity index (χ1n) is 9.18. The van der Waals surface area contributed by atoms with Gasteiger partial charge in [0.1, 0.15) is 11.5 Å². The molecule has 3 aliphatic rings. The van der Waals surface area contributed by atoms with Gasteiger partial charge >= 0.3 is 7.67 Å². The van der Waals surface area contributed by atoms with E-state index in [2.05, 4.69) is 4.98 Å². The molecule has 0 saturated carbocycles. The number of hydrogen-bond donors (Lipinski definition) is 1. The zero-order chi connectivity index (χ0) is 19.3. The molecular weight excluding hydrogens is 386 g/mol. The van der Waals surface area contributed by atoms with Crippen LogP contribution in [0.3, 0.4) is 0 Å². The minimum Gasteiger partial charge on any atom is -0.493 e. The number of halogens is 1. The average molecular weight is 406 g/mol. The zero-order valence-corrected chi connectivity index (χ0v) is 16.0. The lowest BCUT2D eigenvalue weighted by atomic mass is 10.0. The molecule has 8 nitrogen and oxygen atoms in total. The molecule has 3 aliphatic heterocycles. The number of fused-ring (bicyclic) bond motifs is 1. The Hall–Kier alpha value is -2.19. The van der Waals surface area contributed by atoms with Crippen LogP contribution in [-0.2, 0) is 9.09 Å². The highest BCUT2D eigenvalue weighted by Crippen LogP contribution is 2.64. The number of ether oxygens (including phenoxy) is 2. The molecule has 1 aromatic carbocycles. The van der Waals surface area contributed by atoms with Crippen LogP contribution in [-0.4, -0.2) is 47.1 Å². The van der Waals surface area contributed by atoms with E-state index in [1.54, 1.807) is 12.1 Å². The second-order valence-electron chi connectivity index (χ2n) is 6.98. The summed E-state index contributed by atoms with van der Waals surface area (Å²) < 4.78 is 47.8. The molecule has 2 aromatic rings. The van der Waals surface area contributed by atoms with Gasteiger partial charge in [-0.25, -0.2) is 14.3 Å². The van der Waals surface area contributed by atoms with Gasteiger partial charge in [-0.1, -0.05) is 0 Å². The van der Waals surface area contributed by atoms with Gasteiger partial charge in [0.05, 0.1) is 24.6 Å². The van der Waals surface area contributed by atoms with Crippen LogP contribution < -0.4 is 15.2 Å². The maximum Gasteiger partial charge on any atom is 0.346 e. The van der Waals surface area contributed by atoms with Gasteiger partial charge in [0.25, 0.3) is 0 Å². The smallest absolute Gasteiger partial charge is 0.346 e. The van der Waals surface area contributed by atoms with Crippen LogP contribution in [0.2, 0.25) is 0 Å². The highest BCUT2D eigenvalue weighted by atomic mass is 31.2. The number of nitrogens with zero attached hydrogens (tertiary/aromatic N) is 3. The third kappa shape index (κ3) is 3.35. The summed E-state index contributed by atoms with van der Waals surface area (Å²) in [5.41, 5.74) is 7.22. The molecule has 0 radical (unpaired) electrons. The van der Waals surface area contributed by atoms with E-state index in [0.717, 1.165) is 31.7 Å². The molecule has 28 heavy (non-hydrogen) atoms. The number of pyridine rings is 1. The summed E-state index contributed by atoms with van der Waals surface area (Å²) in [6.45, 7) is 3.61. The van der Waals surface area contributed by atoms with Crippen molar-refractivity contribution in [3.63, 3.8) is 0 Å². The largest absolute Gasteiger partial charge is 0.493 e. The SMILES string of the molecule is Nc1cc2c(cc1Oc1ccc(F)nc1)C(OP(=O)(N1CC1)N1CC1)CCO2. The minimum absolute atomic E-state index is 0.362. The summed E-state index contributed by atoms with van der Waals surface area (Å²) >= 11 is 0. The summed E-state index contributed by atoms with van der Waals surface area (Å²) in [5, 5.41) is 0. The van der Waals surface area contributed by atoms with E-state index in [0.29, 0.717) is 36.0 Å². The van der Waals surface area contributed by atoms with Crippen molar-refractivity contribution in [2.75, 3.05) is 38.5 Å². The molecule has 0 amide bonds. The summed E-state index contributed by atoms with van der Waals surface area (Å²) in [7, 11) is -2.98. The third-order valence-corrected chi connectivity index (χ3v) is 7.64. The van der Waals surface area contributed by atoms with Crippen LogP contribution in [0.25, 0.3) is 0 Å². The fraction of sp³-hybridized carbons (Fsp3) is 0.389. The van der Waals surface area contributed by atoms with Crippen LogP contribution in [0.5, 0.6) is 17.2 Å². The van der Waals surface area contributed by atoms with Crippen molar-refractivity contribution < 1.29 is 23.0 Å². The maximum absolute atomic E-state index is 13.4. The second-order valence-corrected chi connectivity index (χ2v) is 9.30. The van der Waals surface area contributed by atoms with Gasteiger partial charge in [0, 0.05) is 44.2 Å². The Bertz CT molecular complexity index is 933. The first kappa shape index (κ1) is 17.9. The summed E-state index contributed by atoms with van der Waals surface area (Å²) in [5.74, 6) is 0.760. The van der Waals surface area contributed by atoms with Crippen molar-refractivity contribution in [3.8, 4) is 17.2 Å². The maximum atomic E-state index is 13.4. The summed E-state index contributed by atoms with van der Waals surface area (Å²) in [6, 6.07) is 6.10. The first-order valence-corrected chi connectivity index (χ1v) is 10.7. The molecule has 1 unspecified atom stereocenters. The van der Waals surface area contributed by atoms with Crippen molar-refractivity contribution in [2.24, 2.45) is 0 Å². The monoisotopic (exact) mass is 406 g/mol. The number of nitrogens with two attached hydrogens (primary N) is 1. The van der Waals surface area contributed by atoms with Crippen LogP contribution >= 0.6 is 7.67 Å². The Kier molecular flexibility index (Phi) is 4.28. The standard InChI is InChI=1S/C18H20FN4O4P/c19-18-2-1-12(11-21-18)26-17-9-13-15(3-8-25-16(13)10-14(17)20)27-28(24,22-4-5-22)23-6-7-23/h1-2,9-11,15H,3-8,20H2. The molecule has 0 bridgehead atoms. The minimum atomic E-state index is -2.98. The molecule has 1 aromatic heterocycles.